The molecule has 0 radical (unpaired) electrons. The van der Waals surface area contributed by atoms with E-state index in [1.807, 2.05) is 6.07 Å². The summed E-state index contributed by atoms with van der Waals surface area (Å²) in [6, 6.07) is 4.91. The highest BCUT2D eigenvalue weighted by Crippen LogP contribution is 2.33. The third-order valence-electron chi connectivity index (χ3n) is 5.90. The average Bonchev–Trinajstić information content (AvgIpc) is 3.14. The predicted molar refractivity (Wildman–Crippen MR) is 110 cm³/mol. The van der Waals surface area contributed by atoms with Crippen molar-refractivity contribution in [1.82, 2.24) is 20.2 Å². The number of nitrogens with one attached hydrogen (secondary N) is 1. The Bertz CT molecular complexity index is 1090. The summed E-state index contributed by atoms with van der Waals surface area (Å²) in [5, 5.41) is 11.7. The van der Waals surface area contributed by atoms with Crippen molar-refractivity contribution in [2.75, 3.05) is 44.7 Å². The molecule has 12 heteroatoms. The number of ether oxygens (including phenoxy) is 1. The van der Waals surface area contributed by atoms with Crippen LogP contribution in [0.1, 0.15) is 12.0 Å². The normalized spacial score (nSPS) is 26.4. The number of carbonyl (C=O) groups excluding carboxylic acids is 1. The zero-order valence-corrected chi connectivity index (χ0v) is 17.8. The van der Waals surface area contributed by atoms with Crippen molar-refractivity contribution < 1.29 is 27.1 Å². The lowest BCUT2D eigenvalue weighted by atomic mass is 10.1. The number of anilines is 1. The fourth-order valence-electron chi connectivity index (χ4n) is 4.21. The molecule has 2 fully saturated rings. The van der Waals surface area contributed by atoms with Gasteiger partial charge >= 0.3 is 6.18 Å². The molecule has 0 aliphatic carbocycles. The van der Waals surface area contributed by atoms with Crippen molar-refractivity contribution in [2.45, 2.75) is 30.5 Å². The van der Waals surface area contributed by atoms with Crippen LogP contribution in [0, 0.1) is 11.3 Å². The molecule has 8 nitrogen and oxygen atoms in total. The molecular weight excluding hydrogens is 444 g/mol. The van der Waals surface area contributed by atoms with E-state index < -0.39 is 36.5 Å². The van der Waals surface area contributed by atoms with Crippen molar-refractivity contribution in [3.05, 3.63) is 30.1 Å². The highest BCUT2D eigenvalue weighted by molar-refractivity contribution is 5.92. The van der Waals surface area contributed by atoms with Crippen molar-refractivity contribution >= 4 is 22.6 Å². The lowest BCUT2D eigenvalue weighted by Gasteiger charge is -2.39. The molecule has 2 aromatic rings. The molecular formula is C21H22F4N6O2. The van der Waals surface area contributed by atoms with E-state index >= 15 is 0 Å². The zero-order chi connectivity index (χ0) is 23.8. The van der Waals surface area contributed by atoms with Crippen LogP contribution in [0.4, 0.5) is 23.2 Å². The molecule has 176 valence electrons. The van der Waals surface area contributed by atoms with Gasteiger partial charge in [0.15, 0.2) is 12.2 Å². The van der Waals surface area contributed by atoms with E-state index in [2.05, 4.69) is 15.3 Å². The molecule has 0 saturated carbocycles. The van der Waals surface area contributed by atoms with Gasteiger partial charge in [0, 0.05) is 25.5 Å². The third-order valence-corrected chi connectivity index (χ3v) is 5.90. The minimum Gasteiger partial charge on any atom is -0.364 e. The quantitative estimate of drug-likeness (QED) is 0.687. The van der Waals surface area contributed by atoms with Crippen molar-refractivity contribution in [1.29, 1.82) is 5.26 Å². The minimum absolute atomic E-state index is 0.131. The molecule has 2 aliphatic rings. The first kappa shape index (κ1) is 23.1. The predicted octanol–water partition coefficient (Wildman–Crippen LogP) is 1.80. The number of fused-ring (bicyclic) bond motifs is 1. The van der Waals surface area contributed by atoms with Gasteiger partial charge in [0.1, 0.15) is 22.8 Å². The standard InChI is InChI=1S/C21H22F4N6O2/c1-30-7-4-20(22,12-30)11-29-19(32)15-9-31(10-16(33-15)21(23,24)25)14-3-2-13(8-26)17-18(14)28-6-5-27-17/h2-3,5-6,15-16H,4,7,9-12H2,1H3,(H,29,32)/t15?,16?,20-/m0/s1. The Morgan fingerprint density at radius 2 is 2.03 bits per heavy atom. The first-order chi connectivity index (χ1) is 15.6. The van der Waals surface area contributed by atoms with Crippen LogP contribution < -0.4 is 10.2 Å². The lowest BCUT2D eigenvalue weighted by molar-refractivity contribution is -0.234. The summed E-state index contributed by atoms with van der Waals surface area (Å²) in [6.45, 7) is -0.412. The summed E-state index contributed by atoms with van der Waals surface area (Å²) in [7, 11) is 1.75. The number of amides is 1. The van der Waals surface area contributed by atoms with Crippen LogP contribution in [-0.4, -0.2) is 84.6 Å². The van der Waals surface area contributed by atoms with E-state index in [1.165, 1.54) is 29.4 Å². The fraction of sp³-hybridized carbons (Fsp3) is 0.524. The first-order valence-corrected chi connectivity index (χ1v) is 10.4. The molecule has 1 N–H and O–H groups in total. The van der Waals surface area contributed by atoms with Crippen LogP contribution in [-0.2, 0) is 9.53 Å². The van der Waals surface area contributed by atoms with Gasteiger partial charge in [-0.1, -0.05) is 0 Å². The molecule has 1 amide bonds. The molecule has 3 atom stereocenters. The maximum Gasteiger partial charge on any atom is 0.416 e. The number of nitriles is 1. The fourth-order valence-corrected chi connectivity index (χ4v) is 4.21. The van der Waals surface area contributed by atoms with Gasteiger partial charge < -0.3 is 19.9 Å². The second kappa shape index (κ2) is 8.72. The van der Waals surface area contributed by atoms with Crippen LogP contribution in [0.5, 0.6) is 0 Å². The Labute approximate surface area is 187 Å². The van der Waals surface area contributed by atoms with Gasteiger partial charge in [0.2, 0.25) is 0 Å². The summed E-state index contributed by atoms with van der Waals surface area (Å²) in [5.41, 5.74) is -0.618. The van der Waals surface area contributed by atoms with Gasteiger partial charge in [0.05, 0.1) is 30.9 Å². The highest BCUT2D eigenvalue weighted by atomic mass is 19.4. The number of morpholine rings is 1. The highest BCUT2D eigenvalue weighted by Gasteiger charge is 2.48. The Morgan fingerprint density at radius 3 is 2.67 bits per heavy atom. The van der Waals surface area contributed by atoms with E-state index in [0.29, 0.717) is 12.2 Å². The third kappa shape index (κ3) is 4.84. The number of carbonyl (C=O) groups is 1. The van der Waals surface area contributed by atoms with Crippen molar-refractivity contribution in [2.24, 2.45) is 0 Å². The van der Waals surface area contributed by atoms with Gasteiger partial charge in [0.25, 0.3) is 5.91 Å². The molecule has 2 aliphatic heterocycles. The molecule has 1 aromatic carbocycles. The van der Waals surface area contributed by atoms with Gasteiger partial charge in [-0.2, -0.15) is 18.4 Å². The molecule has 0 bridgehead atoms. The lowest BCUT2D eigenvalue weighted by Crippen LogP contribution is -2.58. The Balaban J connectivity index is 1.59. The number of halogens is 4. The van der Waals surface area contributed by atoms with Crippen LogP contribution in [0.15, 0.2) is 24.5 Å². The Kier molecular flexibility index (Phi) is 6.11. The molecule has 33 heavy (non-hydrogen) atoms. The van der Waals surface area contributed by atoms with Crippen LogP contribution in [0.3, 0.4) is 0 Å². The summed E-state index contributed by atoms with van der Waals surface area (Å²) in [5.74, 6) is -0.815. The number of hydrogen-bond donors (Lipinski definition) is 1. The Morgan fingerprint density at radius 1 is 1.30 bits per heavy atom. The minimum atomic E-state index is -4.72. The number of rotatable bonds is 4. The van der Waals surface area contributed by atoms with Gasteiger partial charge in [-0.15, -0.1) is 0 Å². The maximum atomic E-state index is 14.8. The van der Waals surface area contributed by atoms with E-state index in [0.717, 1.165) is 0 Å². The van der Waals surface area contributed by atoms with Crippen LogP contribution in [0.25, 0.3) is 11.0 Å². The Hall–Kier alpha value is -3.04. The monoisotopic (exact) mass is 466 g/mol. The number of hydrogen-bond acceptors (Lipinski definition) is 7. The van der Waals surface area contributed by atoms with Crippen LogP contribution >= 0.6 is 0 Å². The van der Waals surface area contributed by atoms with E-state index in [4.69, 9.17) is 4.74 Å². The van der Waals surface area contributed by atoms with Crippen molar-refractivity contribution in [3.63, 3.8) is 0 Å². The molecule has 4 rings (SSSR count). The topological polar surface area (TPSA) is 94.4 Å². The smallest absolute Gasteiger partial charge is 0.364 e. The number of alkyl halides is 4. The summed E-state index contributed by atoms with van der Waals surface area (Å²) >= 11 is 0. The van der Waals surface area contributed by atoms with E-state index in [9.17, 15) is 27.6 Å². The number of likely N-dealkylation sites (tertiary alicyclic amines) is 1. The van der Waals surface area contributed by atoms with E-state index in [-0.39, 0.29) is 42.7 Å². The number of nitrogens with zero attached hydrogens (tertiary/aromatic N) is 5. The SMILES string of the molecule is CN1CC[C@](F)(CNC(=O)C2CN(c3ccc(C#N)c4nccnc34)CC(C(F)(F)F)O2)C1. The van der Waals surface area contributed by atoms with Crippen LogP contribution in [0.2, 0.25) is 0 Å². The molecule has 0 spiro atoms. The zero-order valence-electron chi connectivity index (χ0n) is 17.8. The second-order valence-corrected chi connectivity index (χ2v) is 8.41. The average molecular weight is 466 g/mol. The maximum absolute atomic E-state index is 14.8. The van der Waals surface area contributed by atoms with Crippen molar-refractivity contribution in [3.8, 4) is 6.07 Å². The first-order valence-electron chi connectivity index (χ1n) is 10.4. The molecule has 2 saturated heterocycles. The largest absolute Gasteiger partial charge is 0.416 e. The van der Waals surface area contributed by atoms with Gasteiger partial charge in [-0.25, -0.2) is 4.39 Å². The summed E-state index contributed by atoms with van der Waals surface area (Å²) < 4.78 is 60.8. The summed E-state index contributed by atoms with van der Waals surface area (Å²) in [4.78, 5) is 24.2. The molecule has 1 aromatic heterocycles. The number of aromatic nitrogens is 2. The number of benzene rings is 1. The summed E-state index contributed by atoms with van der Waals surface area (Å²) in [6.07, 6.45) is -5.45. The van der Waals surface area contributed by atoms with E-state index in [1.54, 1.807) is 11.9 Å². The second-order valence-electron chi connectivity index (χ2n) is 8.41. The molecule has 3 heterocycles. The van der Waals surface area contributed by atoms with Gasteiger partial charge in [-0.3, -0.25) is 14.8 Å². The van der Waals surface area contributed by atoms with Gasteiger partial charge in [-0.05, 0) is 25.6 Å². The molecule has 2 unspecified atom stereocenters.